The molecule has 0 atom stereocenters. The Balaban J connectivity index is 1.65. The van der Waals surface area contributed by atoms with Crippen molar-refractivity contribution in [2.45, 2.75) is 26.5 Å². The van der Waals surface area contributed by atoms with Crippen LogP contribution in [0.25, 0.3) is 10.6 Å². The first-order chi connectivity index (χ1) is 14.6. The Morgan fingerprint density at radius 2 is 1.87 bits per heavy atom. The Labute approximate surface area is 187 Å². The summed E-state index contributed by atoms with van der Waals surface area (Å²) in [6.07, 6.45) is 2.53. The quantitative estimate of drug-likeness (QED) is 0.332. The summed E-state index contributed by atoms with van der Waals surface area (Å²) in [5.41, 5.74) is 3.67. The summed E-state index contributed by atoms with van der Waals surface area (Å²) in [5, 5.41) is 2.68. The Morgan fingerprint density at radius 3 is 2.60 bits per heavy atom. The van der Waals surface area contributed by atoms with E-state index in [9.17, 15) is 4.79 Å². The molecule has 6 heteroatoms. The summed E-state index contributed by atoms with van der Waals surface area (Å²) in [5.74, 6) is 0.661. The van der Waals surface area contributed by atoms with Crippen molar-refractivity contribution in [1.29, 1.82) is 0 Å². The summed E-state index contributed by atoms with van der Waals surface area (Å²) >= 11 is 5.07. The van der Waals surface area contributed by atoms with Crippen molar-refractivity contribution in [2.24, 2.45) is 0 Å². The van der Waals surface area contributed by atoms with E-state index in [1.54, 1.807) is 16.8 Å². The molecule has 0 amide bonds. The van der Waals surface area contributed by atoms with E-state index in [1.807, 2.05) is 60.8 Å². The normalized spacial score (nSPS) is 10.9. The number of benzene rings is 2. The number of aromatic nitrogens is 2. The fraction of sp³-hybridized carbons (Fsp3) is 0.167. The van der Waals surface area contributed by atoms with Gasteiger partial charge in [0.2, 0.25) is 0 Å². The number of ether oxygens (including phenoxy) is 1. The monoisotopic (exact) mass is 480 g/mol. The Hall–Kier alpha value is -2.70. The molecule has 4 aromatic rings. The lowest BCUT2D eigenvalue weighted by Gasteiger charge is -2.13. The van der Waals surface area contributed by atoms with Crippen LogP contribution in [0.1, 0.15) is 16.8 Å². The molecule has 4 nitrogen and oxygen atoms in total. The molecule has 0 aliphatic rings. The van der Waals surface area contributed by atoms with Crippen LogP contribution in [-0.2, 0) is 19.6 Å². The predicted octanol–water partition coefficient (Wildman–Crippen LogP) is 5.86. The highest BCUT2D eigenvalue weighted by Crippen LogP contribution is 2.25. The molecule has 0 aliphatic heterocycles. The highest BCUT2D eigenvalue weighted by atomic mass is 79.9. The number of hydrogen-bond donors (Lipinski definition) is 0. The number of aryl methyl sites for hydroxylation is 3. The van der Waals surface area contributed by atoms with Gasteiger partial charge in [-0.3, -0.25) is 4.79 Å². The SMILES string of the molecule is Cc1csc(-c2cc(OCc3ccccc3)cn(CCc3ccccc3Br)c2=O)n1. The van der Waals surface area contributed by atoms with Gasteiger partial charge in [-0.05, 0) is 36.6 Å². The molecule has 0 unspecified atom stereocenters. The van der Waals surface area contributed by atoms with E-state index in [0.717, 1.165) is 32.7 Å². The van der Waals surface area contributed by atoms with E-state index in [2.05, 4.69) is 27.0 Å². The van der Waals surface area contributed by atoms with Crippen LogP contribution in [0.15, 0.2) is 81.5 Å². The van der Waals surface area contributed by atoms with Crippen LogP contribution in [0.5, 0.6) is 5.75 Å². The fourth-order valence-electron chi connectivity index (χ4n) is 3.17. The van der Waals surface area contributed by atoms with Gasteiger partial charge in [0, 0.05) is 28.3 Å². The molecule has 0 N–H and O–H groups in total. The van der Waals surface area contributed by atoms with Gasteiger partial charge in [0.15, 0.2) is 0 Å². The van der Waals surface area contributed by atoms with Gasteiger partial charge in [-0.2, -0.15) is 0 Å². The number of thiazole rings is 1. The van der Waals surface area contributed by atoms with Gasteiger partial charge >= 0.3 is 0 Å². The van der Waals surface area contributed by atoms with E-state index >= 15 is 0 Å². The lowest BCUT2D eigenvalue weighted by molar-refractivity contribution is 0.303. The Kier molecular flexibility index (Phi) is 6.45. The zero-order chi connectivity index (χ0) is 20.9. The molecule has 2 aromatic carbocycles. The maximum Gasteiger partial charge on any atom is 0.261 e. The van der Waals surface area contributed by atoms with Gasteiger partial charge in [0.1, 0.15) is 17.4 Å². The van der Waals surface area contributed by atoms with Gasteiger partial charge in [0.05, 0.1) is 5.56 Å². The van der Waals surface area contributed by atoms with Gasteiger partial charge in [-0.15, -0.1) is 11.3 Å². The van der Waals surface area contributed by atoms with Crippen LogP contribution in [0, 0.1) is 6.92 Å². The van der Waals surface area contributed by atoms with Crippen LogP contribution in [0.3, 0.4) is 0 Å². The second-order valence-corrected chi connectivity index (χ2v) is 8.71. The summed E-state index contributed by atoms with van der Waals surface area (Å²) < 4.78 is 8.81. The maximum absolute atomic E-state index is 13.2. The van der Waals surface area contributed by atoms with Gasteiger partial charge in [-0.25, -0.2) is 4.98 Å². The minimum atomic E-state index is -0.0523. The largest absolute Gasteiger partial charge is 0.487 e. The molecule has 0 fully saturated rings. The molecule has 0 aliphatic carbocycles. The first-order valence-electron chi connectivity index (χ1n) is 9.67. The highest BCUT2D eigenvalue weighted by molar-refractivity contribution is 9.10. The third-order valence-corrected chi connectivity index (χ3v) is 6.51. The van der Waals surface area contributed by atoms with Crippen LogP contribution in [0.2, 0.25) is 0 Å². The summed E-state index contributed by atoms with van der Waals surface area (Å²) in [6.45, 7) is 2.93. The summed E-state index contributed by atoms with van der Waals surface area (Å²) in [7, 11) is 0. The number of pyridine rings is 1. The molecule has 0 saturated carbocycles. The molecule has 152 valence electrons. The Bertz CT molecular complexity index is 1200. The second kappa shape index (κ2) is 9.41. The van der Waals surface area contributed by atoms with Crippen molar-refractivity contribution in [2.75, 3.05) is 0 Å². The first kappa shape index (κ1) is 20.6. The van der Waals surface area contributed by atoms with E-state index in [0.29, 0.717) is 24.5 Å². The van der Waals surface area contributed by atoms with Crippen molar-refractivity contribution in [3.8, 4) is 16.3 Å². The molecular formula is C24H21BrN2O2S. The van der Waals surface area contributed by atoms with Gasteiger partial charge in [0.25, 0.3) is 5.56 Å². The van der Waals surface area contributed by atoms with Crippen LogP contribution < -0.4 is 10.3 Å². The van der Waals surface area contributed by atoms with E-state index in [1.165, 1.54) is 11.3 Å². The summed E-state index contributed by atoms with van der Waals surface area (Å²) in [6, 6.07) is 19.9. The first-order valence-corrected chi connectivity index (χ1v) is 11.3. The smallest absolute Gasteiger partial charge is 0.261 e. The number of rotatable bonds is 7. The second-order valence-electron chi connectivity index (χ2n) is 7.00. The maximum atomic E-state index is 13.2. The molecule has 0 saturated heterocycles. The number of nitrogens with zero attached hydrogens (tertiary/aromatic N) is 2. The molecule has 0 bridgehead atoms. The third-order valence-electron chi connectivity index (χ3n) is 4.74. The third kappa shape index (κ3) is 4.89. The van der Waals surface area contributed by atoms with Crippen LogP contribution in [0.4, 0.5) is 0 Å². The number of halogens is 1. The van der Waals surface area contributed by atoms with Gasteiger partial charge < -0.3 is 9.30 Å². The van der Waals surface area contributed by atoms with Crippen molar-refractivity contribution >= 4 is 27.3 Å². The average molecular weight is 481 g/mol. The zero-order valence-corrected chi connectivity index (χ0v) is 18.9. The average Bonchev–Trinajstić information content (AvgIpc) is 3.20. The van der Waals surface area contributed by atoms with Crippen molar-refractivity contribution in [3.05, 3.63) is 104 Å². The molecule has 4 rings (SSSR count). The predicted molar refractivity (Wildman–Crippen MR) is 125 cm³/mol. The van der Waals surface area contributed by atoms with E-state index in [-0.39, 0.29) is 5.56 Å². The lowest BCUT2D eigenvalue weighted by atomic mass is 10.1. The summed E-state index contributed by atoms with van der Waals surface area (Å²) in [4.78, 5) is 17.7. The Morgan fingerprint density at radius 1 is 1.10 bits per heavy atom. The molecule has 2 aromatic heterocycles. The molecule has 0 spiro atoms. The van der Waals surface area contributed by atoms with Crippen molar-refractivity contribution in [1.82, 2.24) is 9.55 Å². The topological polar surface area (TPSA) is 44.1 Å². The van der Waals surface area contributed by atoms with Crippen molar-refractivity contribution < 1.29 is 4.74 Å². The zero-order valence-electron chi connectivity index (χ0n) is 16.5. The van der Waals surface area contributed by atoms with E-state index < -0.39 is 0 Å². The highest BCUT2D eigenvalue weighted by Gasteiger charge is 2.13. The molecule has 2 heterocycles. The fourth-order valence-corrected chi connectivity index (χ4v) is 4.45. The van der Waals surface area contributed by atoms with Gasteiger partial charge in [-0.1, -0.05) is 64.5 Å². The molecule has 30 heavy (non-hydrogen) atoms. The standard InChI is InChI=1S/C24H21BrN2O2S/c1-17-16-30-23(26-17)21-13-20(29-15-18-7-3-2-4-8-18)14-27(24(21)28)12-11-19-9-5-6-10-22(19)25/h2-10,13-14,16H,11-12,15H2,1H3. The number of hydrogen-bond acceptors (Lipinski definition) is 4. The van der Waals surface area contributed by atoms with E-state index in [4.69, 9.17) is 4.74 Å². The lowest BCUT2D eigenvalue weighted by Crippen LogP contribution is -2.22. The van der Waals surface area contributed by atoms with Crippen LogP contribution >= 0.6 is 27.3 Å². The minimum Gasteiger partial charge on any atom is -0.487 e. The van der Waals surface area contributed by atoms with Crippen LogP contribution in [-0.4, -0.2) is 9.55 Å². The van der Waals surface area contributed by atoms with Crippen molar-refractivity contribution in [3.63, 3.8) is 0 Å². The minimum absolute atomic E-state index is 0.0523. The molecule has 0 radical (unpaired) electrons. The molecular weight excluding hydrogens is 460 g/mol.